The summed E-state index contributed by atoms with van der Waals surface area (Å²) >= 11 is 0. The average Bonchev–Trinajstić information content (AvgIpc) is 3.53. The van der Waals surface area contributed by atoms with Gasteiger partial charge in [0.05, 0.1) is 5.69 Å². The average molecular weight is 772 g/mol. The summed E-state index contributed by atoms with van der Waals surface area (Å²) in [5, 5.41) is 0. The molecule has 0 saturated carbocycles. The highest BCUT2D eigenvalue weighted by Gasteiger charge is 2.37. The van der Waals surface area contributed by atoms with Gasteiger partial charge in [-0.3, -0.25) is 0 Å². The van der Waals surface area contributed by atoms with Crippen molar-refractivity contribution in [1.29, 1.82) is 0 Å². The van der Waals surface area contributed by atoms with Crippen LogP contribution in [0.2, 0.25) is 0 Å². The van der Waals surface area contributed by atoms with Gasteiger partial charge in [-0.25, -0.2) is 0 Å². The second kappa shape index (κ2) is 14.3. The Morgan fingerprint density at radius 2 is 0.850 bits per heavy atom. The summed E-state index contributed by atoms with van der Waals surface area (Å²) < 4.78 is 13.5. The molecular formula is C57H41NO2. The molecule has 0 fully saturated rings. The Hall–Kier alpha value is -7.62. The minimum atomic E-state index is -0.143. The number of nitrogens with zero attached hydrogens (tertiary/aromatic N) is 1. The molecule has 0 N–H and O–H groups in total. The zero-order valence-corrected chi connectivity index (χ0v) is 33.5. The van der Waals surface area contributed by atoms with Crippen LogP contribution in [0.25, 0.3) is 55.6 Å². The summed E-state index contributed by atoms with van der Waals surface area (Å²) in [7, 11) is 0. The van der Waals surface area contributed by atoms with Crippen LogP contribution in [0.4, 0.5) is 17.1 Å². The van der Waals surface area contributed by atoms with Gasteiger partial charge in [0, 0.05) is 27.9 Å². The summed E-state index contributed by atoms with van der Waals surface area (Å²) in [6.45, 7) is 4.58. The first-order valence-electron chi connectivity index (χ1n) is 20.6. The maximum Gasteiger partial charge on any atom is 0.177 e. The number of benzene rings is 9. The number of rotatable bonds is 7. The van der Waals surface area contributed by atoms with E-state index in [1.165, 1.54) is 44.5 Å². The van der Waals surface area contributed by atoms with Gasteiger partial charge < -0.3 is 14.4 Å². The molecular weight excluding hydrogens is 731 g/mol. The third-order valence-electron chi connectivity index (χ3n) is 12.2. The SMILES string of the molecule is CC1(C)c2ccccc2-c2cc3c(cc21)Oc1c(cccc1-c1ccc(N(c2ccc(-c4ccccc4)cc2)c2ccc(-c4ccccc4)cc2-c2ccccc2)cc1)O3. The zero-order chi connectivity index (χ0) is 40.2. The summed E-state index contributed by atoms with van der Waals surface area (Å²) in [5.74, 6) is 2.91. The molecule has 0 amide bonds. The molecule has 1 aliphatic carbocycles. The quantitative estimate of drug-likeness (QED) is 0.161. The molecule has 0 bridgehead atoms. The lowest BCUT2D eigenvalue weighted by molar-refractivity contribution is 0.360. The third kappa shape index (κ3) is 6.06. The topological polar surface area (TPSA) is 21.7 Å². The summed E-state index contributed by atoms with van der Waals surface area (Å²) in [6.07, 6.45) is 0. The summed E-state index contributed by atoms with van der Waals surface area (Å²) in [6, 6.07) is 75.5. The van der Waals surface area contributed by atoms with E-state index in [0.717, 1.165) is 56.6 Å². The van der Waals surface area contributed by atoms with Gasteiger partial charge in [-0.2, -0.15) is 0 Å². The minimum absolute atomic E-state index is 0.143. The Bertz CT molecular complexity index is 3030. The van der Waals surface area contributed by atoms with E-state index in [-0.39, 0.29) is 5.41 Å². The molecule has 0 aromatic heterocycles. The van der Waals surface area contributed by atoms with E-state index < -0.39 is 0 Å². The number of fused-ring (bicyclic) bond motifs is 5. The van der Waals surface area contributed by atoms with E-state index >= 15 is 0 Å². The van der Waals surface area contributed by atoms with Gasteiger partial charge in [-0.15, -0.1) is 0 Å². The molecule has 0 radical (unpaired) electrons. The van der Waals surface area contributed by atoms with Crippen LogP contribution in [-0.4, -0.2) is 0 Å². The normalized spacial score (nSPS) is 12.9. The molecule has 1 aliphatic heterocycles. The molecule has 0 unspecified atom stereocenters. The fourth-order valence-electron chi connectivity index (χ4n) is 9.07. The van der Waals surface area contributed by atoms with Crippen LogP contribution in [0, 0.1) is 0 Å². The van der Waals surface area contributed by atoms with Gasteiger partial charge in [0.15, 0.2) is 23.0 Å². The first-order chi connectivity index (χ1) is 29.5. The molecule has 60 heavy (non-hydrogen) atoms. The standard InChI is InChI=1S/C57H41NO2/c1-57(2)50-23-13-12-21-47(50)49-36-54-55(37-51(49)57)60-56-46(22-14-24-53(56)59-54)42-27-32-45(33-28-42)58(44-30-25-40(26-31-44)38-15-6-3-7-16-38)52-34-29-43(39-17-8-4-9-18-39)35-48(52)41-19-10-5-11-20-41/h3-37H,1-2H3. The van der Waals surface area contributed by atoms with Gasteiger partial charge in [0.25, 0.3) is 0 Å². The number of anilines is 3. The molecule has 3 heteroatoms. The van der Waals surface area contributed by atoms with Crippen molar-refractivity contribution >= 4 is 17.1 Å². The van der Waals surface area contributed by atoms with Crippen LogP contribution in [0.5, 0.6) is 23.0 Å². The van der Waals surface area contributed by atoms with Crippen LogP contribution in [0.1, 0.15) is 25.0 Å². The van der Waals surface area contributed by atoms with Crippen molar-refractivity contribution in [2.24, 2.45) is 0 Å². The second-order valence-corrected chi connectivity index (χ2v) is 16.1. The van der Waals surface area contributed by atoms with Crippen molar-refractivity contribution in [1.82, 2.24) is 0 Å². The number of hydrogen-bond donors (Lipinski definition) is 0. The summed E-state index contributed by atoms with van der Waals surface area (Å²) in [5.41, 5.74) is 17.1. The maximum atomic E-state index is 6.82. The Labute approximate surface area is 351 Å². The Morgan fingerprint density at radius 1 is 0.333 bits per heavy atom. The fourth-order valence-corrected chi connectivity index (χ4v) is 9.07. The summed E-state index contributed by atoms with van der Waals surface area (Å²) in [4.78, 5) is 2.37. The largest absolute Gasteiger partial charge is 0.449 e. The van der Waals surface area contributed by atoms with Gasteiger partial charge in [0.2, 0.25) is 0 Å². The van der Waals surface area contributed by atoms with Crippen molar-refractivity contribution in [3.05, 3.63) is 223 Å². The highest BCUT2D eigenvalue weighted by molar-refractivity contribution is 5.92. The van der Waals surface area contributed by atoms with E-state index in [9.17, 15) is 0 Å². The van der Waals surface area contributed by atoms with E-state index in [4.69, 9.17) is 9.47 Å². The molecule has 9 aromatic carbocycles. The van der Waals surface area contributed by atoms with Gasteiger partial charge in [0.1, 0.15) is 0 Å². The van der Waals surface area contributed by atoms with Crippen molar-refractivity contribution < 1.29 is 9.47 Å². The lowest BCUT2D eigenvalue weighted by Crippen LogP contribution is -2.15. The van der Waals surface area contributed by atoms with Crippen LogP contribution < -0.4 is 14.4 Å². The molecule has 1 heterocycles. The molecule has 11 rings (SSSR count). The molecule has 3 nitrogen and oxygen atoms in total. The van der Waals surface area contributed by atoms with E-state index in [2.05, 4.69) is 219 Å². The fraction of sp³-hybridized carbons (Fsp3) is 0.0526. The van der Waals surface area contributed by atoms with Gasteiger partial charge >= 0.3 is 0 Å². The highest BCUT2D eigenvalue weighted by Crippen LogP contribution is 2.56. The lowest BCUT2D eigenvalue weighted by atomic mass is 9.82. The molecule has 0 spiro atoms. The number of ether oxygens (including phenoxy) is 2. The predicted octanol–water partition coefficient (Wildman–Crippen LogP) is 16.0. The van der Waals surface area contributed by atoms with E-state index in [0.29, 0.717) is 5.75 Å². The Morgan fingerprint density at radius 3 is 1.53 bits per heavy atom. The monoisotopic (exact) mass is 771 g/mol. The second-order valence-electron chi connectivity index (χ2n) is 16.1. The van der Waals surface area contributed by atoms with Crippen LogP contribution in [0.15, 0.2) is 212 Å². The minimum Gasteiger partial charge on any atom is -0.449 e. The molecule has 286 valence electrons. The smallest absolute Gasteiger partial charge is 0.177 e. The van der Waals surface area contributed by atoms with Crippen LogP contribution >= 0.6 is 0 Å². The Kier molecular flexibility index (Phi) is 8.49. The van der Waals surface area contributed by atoms with Crippen molar-refractivity contribution in [2.75, 3.05) is 4.90 Å². The molecule has 0 atom stereocenters. The number of para-hydroxylation sites is 1. The molecule has 2 aliphatic rings. The van der Waals surface area contributed by atoms with E-state index in [1.54, 1.807) is 0 Å². The molecule has 0 saturated heterocycles. The maximum absolute atomic E-state index is 6.82. The number of hydrogen-bond acceptors (Lipinski definition) is 3. The van der Waals surface area contributed by atoms with E-state index in [1.807, 2.05) is 12.1 Å². The first kappa shape index (κ1) is 35.5. The van der Waals surface area contributed by atoms with Crippen molar-refractivity contribution in [3.63, 3.8) is 0 Å². The van der Waals surface area contributed by atoms with Crippen molar-refractivity contribution in [3.8, 4) is 78.6 Å². The third-order valence-corrected chi connectivity index (χ3v) is 12.2. The Balaban J connectivity index is 0.998. The lowest BCUT2D eigenvalue weighted by Gasteiger charge is -2.29. The van der Waals surface area contributed by atoms with Crippen LogP contribution in [-0.2, 0) is 5.41 Å². The highest BCUT2D eigenvalue weighted by atomic mass is 16.6. The zero-order valence-electron chi connectivity index (χ0n) is 33.5. The van der Waals surface area contributed by atoms with Crippen molar-refractivity contribution in [2.45, 2.75) is 19.3 Å². The van der Waals surface area contributed by atoms with Gasteiger partial charge in [-0.05, 0) is 110 Å². The predicted molar refractivity (Wildman–Crippen MR) is 247 cm³/mol. The van der Waals surface area contributed by atoms with Gasteiger partial charge in [-0.1, -0.05) is 172 Å². The molecule has 9 aromatic rings. The van der Waals surface area contributed by atoms with Crippen LogP contribution in [0.3, 0.4) is 0 Å². The first-order valence-corrected chi connectivity index (χ1v) is 20.6.